The van der Waals surface area contributed by atoms with Crippen LogP contribution in [0.1, 0.15) is 163 Å². The van der Waals surface area contributed by atoms with Crippen LogP contribution in [0.3, 0.4) is 0 Å². The number of nitrogens with zero attached hydrogens (tertiary/aromatic N) is 12. The van der Waals surface area contributed by atoms with Crippen LogP contribution in [0, 0.1) is 38.2 Å². The van der Waals surface area contributed by atoms with Crippen molar-refractivity contribution in [3.63, 3.8) is 0 Å². The molecule has 9 aromatic rings. The number of halogens is 3. The van der Waals surface area contributed by atoms with Gasteiger partial charge in [0.05, 0.1) is 17.1 Å². The van der Waals surface area contributed by atoms with Crippen molar-refractivity contribution in [2.45, 2.75) is 174 Å². The summed E-state index contributed by atoms with van der Waals surface area (Å²) in [5, 5.41) is 15.4. The predicted octanol–water partition coefficient (Wildman–Crippen LogP) is 10.8. The molecule has 0 bridgehead atoms. The van der Waals surface area contributed by atoms with E-state index in [0.717, 1.165) is 279 Å². The molecule has 12 heterocycles. The summed E-state index contributed by atoms with van der Waals surface area (Å²) in [4.78, 5) is 60.2. The number of piperidine rings is 3. The lowest BCUT2D eigenvalue weighted by molar-refractivity contribution is 0.211. The Labute approximate surface area is 520 Å². The molecule has 0 aliphatic carbocycles. The number of hydrogen-bond acceptors (Lipinski definition) is 15. The van der Waals surface area contributed by atoms with Crippen LogP contribution in [0.25, 0.3) is 32.9 Å². The molecule has 0 spiro atoms. The molecule has 3 saturated heterocycles. The molecule has 6 aromatic heterocycles. The molecular weight excluding hydrogens is 1150 g/mol. The first-order valence-corrected chi connectivity index (χ1v) is 32.9. The largest absolute Gasteiger partial charge is 0.356 e. The van der Waals surface area contributed by atoms with E-state index >= 15 is 0 Å². The van der Waals surface area contributed by atoms with Crippen LogP contribution in [-0.4, -0.2) is 118 Å². The average molecular weight is 1230 g/mol. The van der Waals surface area contributed by atoms with E-state index in [-0.39, 0.29) is 34.1 Å². The minimum atomic E-state index is -0.303. The second-order valence-corrected chi connectivity index (χ2v) is 25.7. The Bertz CT molecular complexity index is 3810. The molecule has 6 aliphatic heterocycles. The minimum Gasteiger partial charge on any atom is -0.356 e. The molecule has 21 heteroatoms. The minimum absolute atomic E-state index is 0.161. The van der Waals surface area contributed by atoms with Crippen molar-refractivity contribution >= 4 is 32.9 Å². The summed E-state index contributed by atoms with van der Waals surface area (Å²) in [6.07, 6.45) is 17.4. The number of rotatable bonds is 12. The summed E-state index contributed by atoms with van der Waals surface area (Å²) in [6.45, 7) is 16.7. The van der Waals surface area contributed by atoms with Gasteiger partial charge in [0, 0.05) is 144 Å². The van der Waals surface area contributed by atoms with Crippen molar-refractivity contribution in [3.05, 3.63) is 171 Å². The molecule has 474 valence electrons. The lowest BCUT2D eigenvalue weighted by Crippen LogP contribution is -2.37. The lowest BCUT2D eigenvalue weighted by Gasteiger charge is -2.31. The molecule has 3 fully saturated rings. The Morgan fingerprint density at radius 3 is 0.956 bits per heavy atom. The zero-order valence-corrected chi connectivity index (χ0v) is 52.1. The Morgan fingerprint density at radius 1 is 0.400 bits per heavy atom. The monoisotopic (exact) mass is 1230 g/mol. The topological polar surface area (TPSA) is 192 Å². The van der Waals surface area contributed by atoms with Crippen LogP contribution in [0.4, 0.5) is 13.2 Å². The molecule has 0 atom stereocenters. The SMILES string of the molecule is Cc1nc2n(c(=O)c1CCN1CCC(c3noc4cc(F)ccc34)CC1)CCCC2.Cc1nc2n(c(=O)c1CCN1CCC(c3noc4cc(F)ccc34)CC1)CCCC2.Cc1nc2n(c(=O)c1CCN1CCC(c3noc4cc(F)ccc34)CC1)CCCC2. The standard InChI is InChI=1S/3C23H27FN4O2/c3*1-15-18(23(29)28-10-3-2-4-21(28)25-15)9-13-27-11-7-16(8-12-27)22-19-6-5-17(24)14-20(19)30-26-22/h3*5-6,14,16H,2-4,7-13H2,1H3. The summed E-state index contributed by atoms with van der Waals surface area (Å²) in [6, 6.07) is 13.9. The Kier molecular flexibility index (Phi) is 18.4. The van der Waals surface area contributed by atoms with E-state index in [2.05, 4.69) is 30.2 Å². The van der Waals surface area contributed by atoms with E-state index in [1.54, 1.807) is 18.2 Å². The van der Waals surface area contributed by atoms with Gasteiger partial charge in [0.25, 0.3) is 16.7 Å². The second kappa shape index (κ2) is 27.1. The van der Waals surface area contributed by atoms with Crippen LogP contribution >= 0.6 is 0 Å². The molecule has 18 nitrogen and oxygen atoms in total. The van der Waals surface area contributed by atoms with Gasteiger partial charge in [0.1, 0.15) is 34.9 Å². The predicted molar refractivity (Wildman–Crippen MR) is 337 cm³/mol. The third kappa shape index (κ3) is 13.1. The smallest absolute Gasteiger partial charge is 0.256 e. The van der Waals surface area contributed by atoms with Crippen LogP contribution in [0.5, 0.6) is 0 Å². The summed E-state index contributed by atoms with van der Waals surface area (Å²) in [5.41, 5.74) is 10.1. The van der Waals surface area contributed by atoms with E-state index in [0.29, 0.717) is 34.5 Å². The first-order valence-electron chi connectivity index (χ1n) is 32.9. The van der Waals surface area contributed by atoms with Gasteiger partial charge in [-0.25, -0.2) is 28.1 Å². The Balaban J connectivity index is 0.000000124. The van der Waals surface area contributed by atoms with Gasteiger partial charge in [-0.2, -0.15) is 0 Å². The zero-order valence-electron chi connectivity index (χ0n) is 52.1. The molecule has 0 amide bonds. The number of hydrogen-bond donors (Lipinski definition) is 0. The third-order valence-corrected chi connectivity index (χ3v) is 20.1. The molecule has 0 radical (unpaired) electrons. The van der Waals surface area contributed by atoms with E-state index in [1.165, 1.54) is 36.4 Å². The van der Waals surface area contributed by atoms with Gasteiger partial charge in [-0.05, 0) is 193 Å². The number of benzene rings is 3. The molecule has 0 saturated carbocycles. The Hall–Kier alpha value is -7.62. The second-order valence-electron chi connectivity index (χ2n) is 25.7. The van der Waals surface area contributed by atoms with Gasteiger partial charge in [-0.15, -0.1) is 0 Å². The van der Waals surface area contributed by atoms with E-state index < -0.39 is 0 Å². The van der Waals surface area contributed by atoms with Gasteiger partial charge in [-0.3, -0.25) is 28.1 Å². The van der Waals surface area contributed by atoms with Crippen LogP contribution in [0.2, 0.25) is 0 Å². The van der Waals surface area contributed by atoms with Gasteiger partial charge < -0.3 is 28.3 Å². The van der Waals surface area contributed by atoms with E-state index in [1.807, 2.05) is 34.5 Å². The molecule has 6 aliphatic rings. The average Bonchev–Trinajstić information content (AvgIpc) is 1.18. The maximum atomic E-state index is 13.4. The summed E-state index contributed by atoms with van der Waals surface area (Å²) in [7, 11) is 0. The molecule has 15 rings (SSSR count). The maximum absolute atomic E-state index is 13.4. The normalized spacial score (nSPS) is 18.1. The van der Waals surface area contributed by atoms with Crippen LogP contribution in [0.15, 0.2) is 82.6 Å². The summed E-state index contributed by atoms with van der Waals surface area (Å²) in [5.74, 6) is 2.92. The summed E-state index contributed by atoms with van der Waals surface area (Å²) >= 11 is 0. The fourth-order valence-electron chi connectivity index (χ4n) is 14.8. The number of fused-ring (bicyclic) bond motifs is 6. The zero-order chi connectivity index (χ0) is 62.0. The molecule has 3 aromatic carbocycles. The van der Waals surface area contributed by atoms with Crippen LogP contribution in [-0.2, 0) is 58.2 Å². The van der Waals surface area contributed by atoms with E-state index in [4.69, 9.17) is 28.5 Å². The highest BCUT2D eigenvalue weighted by atomic mass is 19.1. The van der Waals surface area contributed by atoms with Crippen molar-refractivity contribution in [1.29, 1.82) is 0 Å². The van der Waals surface area contributed by atoms with Crippen molar-refractivity contribution in [3.8, 4) is 0 Å². The third-order valence-electron chi connectivity index (χ3n) is 20.1. The number of likely N-dealkylation sites (tertiary alicyclic amines) is 3. The van der Waals surface area contributed by atoms with Gasteiger partial charge in [0.15, 0.2) is 16.7 Å². The molecule has 0 unspecified atom stereocenters. The first kappa shape index (κ1) is 61.2. The summed E-state index contributed by atoms with van der Waals surface area (Å²) < 4.78 is 61.8. The quantitative estimate of drug-likeness (QED) is 0.112. The lowest BCUT2D eigenvalue weighted by atomic mass is 9.91. The highest BCUT2D eigenvalue weighted by Crippen LogP contribution is 2.36. The van der Waals surface area contributed by atoms with E-state index in [9.17, 15) is 27.6 Å². The molecule has 0 N–H and O–H groups in total. The highest BCUT2D eigenvalue weighted by Gasteiger charge is 2.30. The maximum Gasteiger partial charge on any atom is 0.256 e. The molecule has 90 heavy (non-hydrogen) atoms. The fourth-order valence-corrected chi connectivity index (χ4v) is 14.8. The van der Waals surface area contributed by atoms with Gasteiger partial charge >= 0.3 is 0 Å². The first-order chi connectivity index (χ1) is 43.8. The van der Waals surface area contributed by atoms with Crippen molar-refractivity contribution in [2.24, 2.45) is 0 Å². The van der Waals surface area contributed by atoms with Crippen LogP contribution < -0.4 is 16.7 Å². The van der Waals surface area contributed by atoms with Gasteiger partial charge in [0.2, 0.25) is 0 Å². The van der Waals surface area contributed by atoms with Crippen molar-refractivity contribution in [2.75, 3.05) is 58.9 Å². The van der Waals surface area contributed by atoms with Crippen molar-refractivity contribution < 1.29 is 26.7 Å². The highest BCUT2D eigenvalue weighted by molar-refractivity contribution is 5.81. The molecular formula is C69H81F3N12O6. The Morgan fingerprint density at radius 2 is 0.678 bits per heavy atom. The number of aryl methyl sites for hydroxylation is 6. The van der Waals surface area contributed by atoms with Crippen molar-refractivity contribution in [1.82, 2.24) is 58.8 Å². The van der Waals surface area contributed by atoms with Gasteiger partial charge in [-0.1, -0.05) is 15.5 Å². The number of aromatic nitrogens is 9. The fraction of sp³-hybridized carbons (Fsp3) is 0.522.